The highest BCUT2D eigenvalue weighted by molar-refractivity contribution is 6.03. The Labute approximate surface area is 274 Å². The van der Waals surface area contributed by atoms with Crippen molar-refractivity contribution in [2.24, 2.45) is 0 Å². The number of nitrogens with zero attached hydrogens (tertiary/aromatic N) is 3. The van der Waals surface area contributed by atoms with Gasteiger partial charge in [0.05, 0.1) is 0 Å². The first-order valence-electron chi connectivity index (χ1n) is 16.8. The number of benzene rings is 2. The highest BCUT2D eigenvalue weighted by Crippen LogP contribution is 2.38. The number of H-pyrrole nitrogens is 1. The number of rotatable bonds is 15. The summed E-state index contributed by atoms with van der Waals surface area (Å²) in [5.41, 5.74) is 7.09. The molecule has 2 amide bonds. The number of amides is 2. The average Bonchev–Trinajstić information content (AvgIpc) is 3.05. The van der Waals surface area contributed by atoms with Gasteiger partial charge in [-0.05, 0) is 115 Å². The fraction of sp³-hybridized carbons (Fsp3) is 0.410. The van der Waals surface area contributed by atoms with Crippen molar-refractivity contribution in [2.75, 3.05) is 36.4 Å². The molecule has 2 N–H and O–H groups in total. The molecule has 7 heteroatoms. The normalized spacial score (nSPS) is 11.5. The van der Waals surface area contributed by atoms with Gasteiger partial charge in [0.2, 0.25) is 0 Å². The van der Waals surface area contributed by atoms with E-state index in [1.54, 1.807) is 17.2 Å². The summed E-state index contributed by atoms with van der Waals surface area (Å²) in [7, 11) is 0. The molecule has 0 bridgehead atoms. The maximum absolute atomic E-state index is 14.2. The first-order chi connectivity index (χ1) is 22.2. The summed E-state index contributed by atoms with van der Waals surface area (Å²) in [6.07, 6.45) is 7.05. The van der Waals surface area contributed by atoms with Gasteiger partial charge in [-0.3, -0.25) is 9.69 Å². The number of carbonyl (C=O) groups excluding carboxylic acids is 1. The van der Waals surface area contributed by atoms with Gasteiger partial charge >= 0.3 is 6.03 Å². The molecule has 46 heavy (non-hydrogen) atoms. The maximum atomic E-state index is 14.2. The van der Waals surface area contributed by atoms with E-state index in [1.807, 2.05) is 18.2 Å². The minimum Gasteiger partial charge on any atom is -0.307 e. The first kappa shape index (κ1) is 34.6. The van der Waals surface area contributed by atoms with Crippen molar-refractivity contribution in [2.45, 2.75) is 79.1 Å². The molecule has 2 aromatic carbocycles. The number of aromatic nitrogens is 2. The molecule has 0 fully saturated rings. The molecule has 244 valence electrons. The van der Waals surface area contributed by atoms with Gasteiger partial charge in [0.1, 0.15) is 11.3 Å². The minimum atomic E-state index is -0.347. The molecule has 0 unspecified atom stereocenters. The highest BCUT2D eigenvalue weighted by Gasteiger charge is 2.24. The molecule has 2 heterocycles. The number of urea groups is 1. The third kappa shape index (κ3) is 8.52. The molecule has 0 spiro atoms. The molecule has 0 aliphatic heterocycles. The SMILES string of the molecule is C=CCCCN(C(=O)Nc1c(C(C)C)cc(-c2cccc(CCCN(CC)CC)c2)cc1C(C)C)c1cc2cccnc2[nH]c1=O. The van der Waals surface area contributed by atoms with E-state index >= 15 is 0 Å². The lowest BCUT2D eigenvalue weighted by Gasteiger charge is -2.27. The summed E-state index contributed by atoms with van der Waals surface area (Å²) in [5, 5.41) is 4.04. The van der Waals surface area contributed by atoms with Crippen LogP contribution in [0.3, 0.4) is 0 Å². The Kier molecular flexibility index (Phi) is 12.3. The van der Waals surface area contributed by atoms with Crippen LogP contribution < -0.4 is 15.8 Å². The Bertz CT molecular complexity index is 1660. The number of carbonyl (C=O) groups is 1. The van der Waals surface area contributed by atoms with Gasteiger partial charge in [0.15, 0.2) is 0 Å². The summed E-state index contributed by atoms with van der Waals surface area (Å²) >= 11 is 0. The van der Waals surface area contributed by atoms with Gasteiger partial charge in [0, 0.05) is 23.8 Å². The predicted molar refractivity (Wildman–Crippen MR) is 194 cm³/mol. The average molecular weight is 622 g/mol. The van der Waals surface area contributed by atoms with Crippen LogP contribution in [0.1, 0.15) is 89.3 Å². The Morgan fingerprint density at radius 2 is 1.65 bits per heavy atom. The molecule has 0 saturated heterocycles. The monoisotopic (exact) mass is 621 g/mol. The molecule has 2 aromatic heterocycles. The van der Waals surface area contributed by atoms with E-state index in [1.165, 1.54) is 11.1 Å². The molecule has 4 rings (SSSR count). The molecule has 0 atom stereocenters. The number of fused-ring (bicyclic) bond motifs is 1. The molecule has 7 nitrogen and oxygen atoms in total. The third-order valence-electron chi connectivity index (χ3n) is 8.69. The number of anilines is 2. The van der Waals surface area contributed by atoms with Crippen LogP contribution in [-0.4, -0.2) is 47.1 Å². The van der Waals surface area contributed by atoms with Crippen molar-refractivity contribution in [3.8, 4) is 11.1 Å². The van der Waals surface area contributed by atoms with Crippen molar-refractivity contribution in [3.63, 3.8) is 0 Å². The van der Waals surface area contributed by atoms with Crippen molar-refractivity contribution in [3.05, 3.63) is 100 Å². The molecule has 4 aromatic rings. The molecular formula is C39H51N5O2. The number of aryl methyl sites for hydroxylation is 1. The van der Waals surface area contributed by atoms with E-state index < -0.39 is 0 Å². The van der Waals surface area contributed by atoms with Gasteiger partial charge in [0.25, 0.3) is 5.56 Å². The zero-order valence-electron chi connectivity index (χ0n) is 28.5. The van der Waals surface area contributed by atoms with Crippen molar-refractivity contribution in [1.29, 1.82) is 0 Å². The number of hydrogen-bond donors (Lipinski definition) is 2. The topological polar surface area (TPSA) is 81.3 Å². The van der Waals surface area contributed by atoms with E-state index in [0.717, 1.165) is 66.7 Å². The van der Waals surface area contributed by atoms with Crippen LogP contribution in [0.4, 0.5) is 16.2 Å². The van der Waals surface area contributed by atoms with Crippen molar-refractivity contribution < 1.29 is 4.79 Å². The summed E-state index contributed by atoms with van der Waals surface area (Å²) < 4.78 is 0. The smallest absolute Gasteiger partial charge is 0.307 e. The van der Waals surface area contributed by atoms with E-state index in [9.17, 15) is 9.59 Å². The van der Waals surface area contributed by atoms with Crippen LogP contribution in [0.5, 0.6) is 0 Å². The van der Waals surface area contributed by atoms with Crippen LogP contribution in [-0.2, 0) is 6.42 Å². The summed E-state index contributed by atoms with van der Waals surface area (Å²) in [4.78, 5) is 38.5. The number of unbranched alkanes of at least 4 members (excludes halogenated alkanes) is 1. The van der Waals surface area contributed by atoms with Crippen LogP contribution >= 0.6 is 0 Å². The third-order valence-corrected chi connectivity index (χ3v) is 8.69. The number of pyridine rings is 2. The summed E-state index contributed by atoms with van der Waals surface area (Å²) in [6, 6.07) is 18.4. The second kappa shape index (κ2) is 16.4. The Morgan fingerprint density at radius 1 is 0.935 bits per heavy atom. The second-order valence-corrected chi connectivity index (χ2v) is 12.6. The van der Waals surface area contributed by atoms with Crippen LogP contribution in [0.2, 0.25) is 0 Å². The van der Waals surface area contributed by atoms with Gasteiger partial charge in [-0.2, -0.15) is 0 Å². The quantitative estimate of drug-likeness (QED) is 0.102. The number of aromatic amines is 1. The zero-order valence-corrected chi connectivity index (χ0v) is 28.5. The minimum absolute atomic E-state index is 0.161. The lowest BCUT2D eigenvalue weighted by Crippen LogP contribution is -2.39. The standard InChI is InChI=1S/C39H51N5O2/c1-8-11-12-22-44(35-26-31-19-14-20-40-37(31)42-38(35)45)39(46)41-36-33(27(4)5)24-32(25-34(36)28(6)7)30-18-13-16-29(23-30)17-15-21-43(9-2)10-3/h8,13-14,16,18-20,23-28H,1,9-12,15,17,21-22H2,2-7H3,(H,41,46)(H,40,42,45). The second-order valence-electron chi connectivity index (χ2n) is 12.6. The van der Waals surface area contributed by atoms with Gasteiger partial charge in [-0.15, -0.1) is 6.58 Å². The lowest BCUT2D eigenvalue weighted by molar-refractivity contribution is 0.256. The molecule has 0 aliphatic carbocycles. The fourth-order valence-corrected chi connectivity index (χ4v) is 5.99. The number of nitrogens with one attached hydrogen (secondary N) is 2. The van der Waals surface area contributed by atoms with Crippen LogP contribution in [0.25, 0.3) is 22.2 Å². The van der Waals surface area contributed by atoms with Gasteiger partial charge in [-0.25, -0.2) is 9.78 Å². The molecular weight excluding hydrogens is 570 g/mol. The molecule has 0 aliphatic rings. The molecule has 0 saturated carbocycles. The lowest BCUT2D eigenvalue weighted by atomic mass is 9.88. The Morgan fingerprint density at radius 3 is 2.30 bits per heavy atom. The summed E-state index contributed by atoms with van der Waals surface area (Å²) in [5.74, 6) is 0.323. The van der Waals surface area contributed by atoms with Gasteiger partial charge in [-0.1, -0.05) is 71.9 Å². The van der Waals surface area contributed by atoms with Crippen molar-refractivity contribution >= 4 is 28.4 Å². The van der Waals surface area contributed by atoms with E-state index in [4.69, 9.17) is 0 Å². The first-order valence-corrected chi connectivity index (χ1v) is 16.8. The van der Waals surface area contributed by atoms with E-state index in [2.05, 4.69) is 105 Å². The summed E-state index contributed by atoms with van der Waals surface area (Å²) in [6.45, 7) is 20.5. The Balaban J connectivity index is 1.70. The van der Waals surface area contributed by atoms with Crippen molar-refractivity contribution in [1.82, 2.24) is 14.9 Å². The largest absolute Gasteiger partial charge is 0.326 e. The van der Waals surface area contributed by atoms with E-state index in [-0.39, 0.29) is 23.4 Å². The molecule has 0 radical (unpaired) electrons. The Hall–Kier alpha value is -4.23. The number of allylic oxidation sites excluding steroid dienone is 1. The highest BCUT2D eigenvalue weighted by atomic mass is 16.2. The van der Waals surface area contributed by atoms with Gasteiger partial charge < -0.3 is 15.2 Å². The van der Waals surface area contributed by atoms with Crippen LogP contribution in [0, 0.1) is 0 Å². The predicted octanol–water partition coefficient (Wildman–Crippen LogP) is 9.12. The maximum Gasteiger partial charge on any atom is 0.326 e. The van der Waals surface area contributed by atoms with E-state index in [0.29, 0.717) is 24.3 Å². The van der Waals surface area contributed by atoms with Crippen LogP contribution in [0.15, 0.2) is 78.2 Å². The zero-order chi connectivity index (χ0) is 33.2. The number of hydrogen-bond acceptors (Lipinski definition) is 4. The fourth-order valence-electron chi connectivity index (χ4n) is 5.99.